The van der Waals surface area contributed by atoms with Crippen LogP contribution < -0.4 is 5.32 Å². The van der Waals surface area contributed by atoms with Gasteiger partial charge in [-0.2, -0.15) is 0 Å². The van der Waals surface area contributed by atoms with Gasteiger partial charge in [0.2, 0.25) is 0 Å². The lowest BCUT2D eigenvalue weighted by molar-refractivity contribution is -0.122. The highest BCUT2D eigenvalue weighted by atomic mass is 35.5. The number of hydrogen-bond acceptors (Lipinski definition) is 2. The lowest BCUT2D eigenvalue weighted by Crippen LogP contribution is -2.35. The summed E-state index contributed by atoms with van der Waals surface area (Å²) in [6.45, 7) is 1.88. The highest BCUT2D eigenvalue weighted by molar-refractivity contribution is 6.30. The van der Waals surface area contributed by atoms with Gasteiger partial charge < -0.3 is 5.32 Å². The van der Waals surface area contributed by atoms with Gasteiger partial charge in [0, 0.05) is 23.9 Å². The Kier molecular flexibility index (Phi) is 3.97. The third-order valence-corrected chi connectivity index (χ3v) is 3.25. The second-order valence-corrected chi connectivity index (χ2v) is 4.75. The molecule has 1 N–H and O–H groups in total. The first kappa shape index (κ1) is 11.6. The first-order valence-electron chi connectivity index (χ1n) is 5.73. The van der Waals surface area contributed by atoms with Gasteiger partial charge in [-0.05, 0) is 37.1 Å². The smallest absolute Gasteiger partial charge is 0.141 e. The largest absolute Gasteiger partial charge is 0.316 e. The highest BCUT2D eigenvalue weighted by Gasteiger charge is 2.20. The topological polar surface area (TPSA) is 29.1 Å². The molecule has 2 nitrogen and oxygen atoms in total. The van der Waals surface area contributed by atoms with Gasteiger partial charge in [-0.25, -0.2) is 0 Å². The van der Waals surface area contributed by atoms with Gasteiger partial charge in [0.25, 0.3) is 0 Å². The molecule has 1 aromatic rings. The van der Waals surface area contributed by atoms with Crippen molar-refractivity contribution in [1.29, 1.82) is 0 Å². The van der Waals surface area contributed by atoms with E-state index in [0.717, 1.165) is 31.5 Å². The zero-order chi connectivity index (χ0) is 11.4. The normalized spacial score (nSPS) is 20.7. The first-order chi connectivity index (χ1) is 7.75. The van der Waals surface area contributed by atoms with Crippen LogP contribution in [0.3, 0.4) is 0 Å². The van der Waals surface area contributed by atoms with E-state index in [1.165, 1.54) is 0 Å². The van der Waals surface area contributed by atoms with Gasteiger partial charge >= 0.3 is 0 Å². The van der Waals surface area contributed by atoms with Crippen molar-refractivity contribution in [2.45, 2.75) is 19.3 Å². The lowest BCUT2D eigenvalue weighted by atomic mass is 9.91. The molecule has 0 bridgehead atoms. The number of carbonyl (C=O) groups excluding carboxylic acids is 1. The van der Waals surface area contributed by atoms with E-state index in [2.05, 4.69) is 5.32 Å². The number of ketones is 1. The van der Waals surface area contributed by atoms with Gasteiger partial charge in [0.05, 0.1) is 0 Å². The van der Waals surface area contributed by atoms with Gasteiger partial charge in [0.1, 0.15) is 5.78 Å². The minimum atomic E-state index is 0.188. The van der Waals surface area contributed by atoms with E-state index in [4.69, 9.17) is 11.6 Å². The Hall–Kier alpha value is -0.860. The average Bonchev–Trinajstić information content (AvgIpc) is 2.30. The minimum Gasteiger partial charge on any atom is -0.316 e. The van der Waals surface area contributed by atoms with Crippen molar-refractivity contribution in [2.24, 2.45) is 5.92 Å². The molecule has 1 aliphatic heterocycles. The Morgan fingerprint density at radius 1 is 1.50 bits per heavy atom. The van der Waals surface area contributed by atoms with Crippen LogP contribution in [0.2, 0.25) is 5.02 Å². The first-order valence-corrected chi connectivity index (χ1v) is 6.11. The minimum absolute atomic E-state index is 0.188. The molecule has 0 aromatic heterocycles. The molecular formula is C13H16ClNO. The fourth-order valence-corrected chi connectivity index (χ4v) is 2.33. The summed E-state index contributed by atoms with van der Waals surface area (Å²) in [6.07, 6.45) is 2.63. The van der Waals surface area contributed by atoms with Crippen LogP contribution >= 0.6 is 11.6 Å². The molecule has 1 aromatic carbocycles. The monoisotopic (exact) mass is 237 g/mol. The fraction of sp³-hybridized carbons (Fsp3) is 0.462. The Bertz CT molecular complexity index is 372. The SMILES string of the molecule is O=C(Cc1cccc(Cl)c1)C1CCCNC1. The standard InChI is InChI=1S/C13H16ClNO/c14-12-5-1-3-10(7-12)8-13(16)11-4-2-6-15-9-11/h1,3,5,7,11,15H,2,4,6,8-9H2. The molecule has 16 heavy (non-hydrogen) atoms. The molecule has 2 rings (SSSR count). The molecule has 1 atom stereocenters. The third kappa shape index (κ3) is 3.06. The van der Waals surface area contributed by atoms with E-state index in [1.54, 1.807) is 0 Å². The van der Waals surface area contributed by atoms with Crippen LogP contribution in [0.15, 0.2) is 24.3 Å². The van der Waals surface area contributed by atoms with E-state index in [-0.39, 0.29) is 5.92 Å². The summed E-state index contributed by atoms with van der Waals surface area (Å²) < 4.78 is 0. The highest BCUT2D eigenvalue weighted by Crippen LogP contribution is 2.16. The predicted molar refractivity (Wildman–Crippen MR) is 65.8 cm³/mol. The maximum Gasteiger partial charge on any atom is 0.141 e. The Balaban J connectivity index is 1.96. The predicted octanol–water partition coefficient (Wildman–Crippen LogP) is 2.45. The molecule has 1 aliphatic rings. The van der Waals surface area contributed by atoms with Crippen LogP contribution in [0.4, 0.5) is 0 Å². The van der Waals surface area contributed by atoms with Crippen molar-refractivity contribution in [1.82, 2.24) is 5.32 Å². The summed E-state index contributed by atoms with van der Waals surface area (Å²) in [5.74, 6) is 0.516. The molecule has 86 valence electrons. The van der Waals surface area contributed by atoms with Crippen molar-refractivity contribution >= 4 is 17.4 Å². The van der Waals surface area contributed by atoms with Crippen molar-refractivity contribution in [3.63, 3.8) is 0 Å². The maximum absolute atomic E-state index is 12.0. The lowest BCUT2D eigenvalue weighted by Gasteiger charge is -2.21. The summed E-state index contributed by atoms with van der Waals surface area (Å²) >= 11 is 5.89. The molecule has 1 unspecified atom stereocenters. The molecule has 0 spiro atoms. The number of rotatable bonds is 3. The van der Waals surface area contributed by atoms with E-state index < -0.39 is 0 Å². The summed E-state index contributed by atoms with van der Waals surface area (Å²) in [5.41, 5.74) is 1.02. The second-order valence-electron chi connectivity index (χ2n) is 4.32. The van der Waals surface area contributed by atoms with Crippen LogP contribution in [0.1, 0.15) is 18.4 Å². The molecule has 3 heteroatoms. The molecular weight excluding hydrogens is 222 g/mol. The summed E-state index contributed by atoms with van der Waals surface area (Å²) in [6, 6.07) is 7.55. The second kappa shape index (κ2) is 5.46. The van der Waals surface area contributed by atoms with E-state index in [9.17, 15) is 4.79 Å². The average molecular weight is 238 g/mol. The number of carbonyl (C=O) groups is 1. The van der Waals surface area contributed by atoms with E-state index in [1.807, 2.05) is 24.3 Å². The van der Waals surface area contributed by atoms with Crippen LogP contribution in [-0.4, -0.2) is 18.9 Å². The molecule has 0 radical (unpaired) electrons. The number of halogens is 1. The molecule has 0 aliphatic carbocycles. The summed E-state index contributed by atoms with van der Waals surface area (Å²) in [4.78, 5) is 12.0. The Labute approximate surface area is 101 Å². The van der Waals surface area contributed by atoms with Gasteiger partial charge in [-0.1, -0.05) is 23.7 Å². The quantitative estimate of drug-likeness (QED) is 0.875. The molecule has 1 heterocycles. The molecule has 0 amide bonds. The van der Waals surface area contributed by atoms with Crippen molar-refractivity contribution < 1.29 is 4.79 Å². The van der Waals surface area contributed by atoms with Gasteiger partial charge in [0.15, 0.2) is 0 Å². The van der Waals surface area contributed by atoms with Crippen molar-refractivity contribution in [3.05, 3.63) is 34.9 Å². The van der Waals surface area contributed by atoms with Gasteiger partial charge in [-0.15, -0.1) is 0 Å². The molecule has 1 fully saturated rings. The van der Waals surface area contributed by atoms with Crippen LogP contribution in [0.5, 0.6) is 0 Å². The van der Waals surface area contributed by atoms with Crippen LogP contribution in [-0.2, 0) is 11.2 Å². The number of Topliss-reactive ketones (excluding diaryl/α,β-unsaturated/α-hetero) is 1. The fourth-order valence-electron chi connectivity index (χ4n) is 2.12. The Morgan fingerprint density at radius 3 is 3.06 bits per heavy atom. The van der Waals surface area contributed by atoms with Crippen LogP contribution in [0, 0.1) is 5.92 Å². The number of piperidine rings is 1. The van der Waals surface area contributed by atoms with Crippen LogP contribution in [0.25, 0.3) is 0 Å². The zero-order valence-corrected chi connectivity index (χ0v) is 9.96. The molecule has 1 saturated heterocycles. The summed E-state index contributed by atoms with van der Waals surface area (Å²) in [7, 11) is 0. The van der Waals surface area contributed by atoms with Crippen molar-refractivity contribution in [3.8, 4) is 0 Å². The number of benzene rings is 1. The number of nitrogens with one attached hydrogen (secondary N) is 1. The third-order valence-electron chi connectivity index (χ3n) is 3.02. The number of hydrogen-bond donors (Lipinski definition) is 1. The van der Waals surface area contributed by atoms with Gasteiger partial charge in [-0.3, -0.25) is 4.79 Å². The summed E-state index contributed by atoms with van der Waals surface area (Å²) in [5, 5.41) is 3.97. The van der Waals surface area contributed by atoms with Crippen molar-refractivity contribution in [2.75, 3.05) is 13.1 Å². The van der Waals surface area contributed by atoms with E-state index in [0.29, 0.717) is 17.2 Å². The molecule has 0 saturated carbocycles. The van der Waals surface area contributed by atoms with E-state index >= 15 is 0 Å². The maximum atomic E-state index is 12.0. The zero-order valence-electron chi connectivity index (χ0n) is 9.21. The Morgan fingerprint density at radius 2 is 2.38 bits per heavy atom.